The Morgan fingerprint density at radius 2 is 1.96 bits per heavy atom. The number of rotatable bonds is 6. The molecular formula is C21H24N4O2. The largest absolute Gasteiger partial charge is 0.339 e. The van der Waals surface area contributed by atoms with Gasteiger partial charge in [0.2, 0.25) is 11.7 Å². The van der Waals surface area contributed by atoms with Gasteiger partial charge in [-0.15, -0.1) is 0 Å². The van der Waals surface area contributed by atoms with E-state index in [0.29, 0.717) is 23.8 Å². The first-order valence-electron chi connectivity index (χ1n) is 9.09. The monoisotopic (exact) mass is 364 g/mol. The summed E-state index contributed by atoms with van der Waals surface area (Å²) in [5.74, 6) is 1.06. The lowest BCUT2D eigenvalue weighted by Crippen LogP contribution is -2.35. The summed E-state index contributed by atoms with van der Waals surface area (Å²) >= 11 is 0. The first-order valence-corrected chi connectivity index (χ1v) is 9.09. The molecule has 3 aromatic rings. The van der Waals surface area contributed by atoms with Crippen molar-refractivity contribution in [3.63, 3.8) is 0 Å². The topological polar surface area (TPSA) is 80.0 Å². The molecule has 2 N–H and O–H groups in total. The number of hydrogen-bond acceptors (Lipinski definition) is 4. The second-order valence-electron chi connectivity index (χ2n) is 6.66. The van der Waals surface area contributed by atoms with Crippen LogP contribution in [0.25, 0.3) is 11.4 Å². The first kappa shape index (κ1) is 18.6. The van der Waals surface area contributed by atoms with Crippen molar-refractivity contribution in [3.8, 4) is 11.4 Å². The van der Waals surface area contributed by atoms with Crippen LogP contribution in [0.15, 0.2) is 53.1 Å². The number of aryl methyl sites for hydroxylation is 1. The highest BCUT2D eigenvalue weighted by Gasteiger charge is 2.11. The van der Waals surface area contributed by atoms with Crippen LogP contribution in [0.1, 0.15) is 37.3 Å². The van der Waals surface area contributed by atoms with Gasteiger partial charge in [0, 0.05) is 17.3 Å². The van der Waals surface area contributed by atoms with Crippen molar-refractivity contribution < 1.29 is 9.32 Å². The van der Waals surface area contributed by atoms with Gasteiger partial charge in [0.25, 0.3) is 0 Å². The zero-order valence-corrected chi connectivity index (χ0v) is 15.8. The number of urea groups is 1. The van der Waals surface area contributed by atoms with Gasteiger partial charge >= 0.3 is 6.03 Å². The Bertz CT molecular complexity index is 903. The number of carbonyl (C=O) groups is 1. The van der Waals surface area contributed by atoms with Crippen LogP contribution >= 0.6 is 0 Å². The number of carbonyl (C=O) groups excluding carboxylic acids is 1. The molecule has 0 unspecified atom stereocenters. The van der Waals surface area contributed by atoms with E-state index in [1.54, 1.807) is 0 Å². The maximum absolute atomic E-state index is 12.0. The molecule has 0 fully saturated rings. The second-order valence-corrected chi connectivity index (χ2v) is 6.66. The molecule has 27 heavy (non-hydrogen) atoms. The number of anilines is 1. The van der Waals surface area contributed by atoms with Gasteiger partial charge in [-0.1, -0.05) is 54.0 Å². The van der Waals surface area contributed by atoms with Gasteiger partial charge in [-0.3, -0.25) is 0 Å². The van der Waals surface area contributed by atoms with E-state index < -0.39 is 0 Å². The molecule has 0 bridgehead atoms. The second kappa shape index (κ2) is 8.49. The van der Waals surface area contributed by atoms with E-state index in [4.69, 9.17) is 4.52 Å². The Kier molecular flexibility index (Phi) is 5.86. The standard InChI is InChI=1S/C21H24N4O2/c1-4-15(3)22-21(26)23-18-7-5-6-17(13-18)20-24-19(27-25-20)12-16-10-8-14(2)9-11-16/h5-11,13,15H,4,12H2,1-3H3,(H2,22,23,26)/t15-/m1/s1. The highest BCUT2D eigenvalue weighted by molar-refractivity contribution is 5.90. The van der Waals surface area contributed by atoms with Crippen LogP contribution in [0.2, 0.25) is 0 Å². The summed E-state index contributed by atoms with van der Waals surface area (Å²) in [6, 6.07) is 15.5. The smallest absolute Gasteiger partial charge is 0.319 e. The fraction of sp³-hybridized carbons (Fsp3) is 0.286. The van der Waals surface area contributed by atoms with Gasteiger partial charge < -0.3 is 15.2 Å². The van der Waals surface area contributed by atoms with Crippen LogP contribution in [0, 0.1) is 6.92 Å². The third-order valence-corrected chi connectivity index (χ3v) is 4.31. The number of benzene rings is 2. The van der Waals surface area contributed by atoms with Crippen LogP contribution in [0.3, 0.4) is 0 Å². The van der Waals surface area contributed by atoms with Crippen LogP contribution in [0.5, 0.6) is 0 Å². The molecule has 0 aliphatic carbocycles. The van der Waals surface area contributed by atoms with E-state index in [9.17, 15) is 4.79 Å². The number of nitrogens with one attached hydrogen (secondary N) is 2. The highest BCUT2D eigenvalue weighted by Crippen LogP contribution is 2.21. The number of nitrogens with zero attached hydrogens (tertiary/aromatic N) is 2. The SMILES string of the molecule is CC[C@@H](C)NC(=O)Nc1cccc(-c2noc(Cc3ccc(C)cc3)n2)c1. The van der Waals surface area contributed by atoms with Crippen LogP contribution in [-0.2, 0) is 6.42 Å². The van der Waals surface area contributed by atoms with Crippen LogP contribution in [-0.4, -0.2) is 22.2 Å². The zero-order valence-electron chi connectivity index (χ0n) is 15.8. The Hall–Kier alpha value is -3.15. The lowest BCUT2D eigenvalue weighted by Gasteiger charge is -2.12. The molecule has 0 aliphatic heterocycles. The Morgan fingerprint density at radius 1 is 1.19 bits per heavy atom. The summed E-state index contributed by atoms with van der Waals surface area (Å²) < 4.78 is 5.38. The van der Waals surface area contributed by atoms with Crippen molar-refractivity contribution in [2.75, 3.05) is 5.32 Å². The summed E-state index contributed by atoms with van der Waals surface area (Å²) in [6.45, 7) is 6.04. The summed E-state index contributed by atoms with van der Waals surface area (Å²) in [5.41, 5.74) is 3.80. The van der Waals surface area contributed by atoms with Gasteiger partial charge in [-0.05, 0) is 38.0 Å². The molecule has 6 heteroatoms. The molecule has 2 aromatic carbocycles. The predicted molar refractivity (Wildman–Crippen MR) is 106 cm³/mol. The molecule has 1 aromatic heterocycles. The van der Waals surface area contributed by atoms with Crippen molar-refractivity contribution in [3.05, 3.63) is 65.5 Å². The minimum absolute atomic E-state index is 0.120. The average Bonchev–Trinajstić information content (AvgIpc) is 3.12. The van der Waals surface area contributed by atoms with E-state index in [1.807, 2.05) is 38.1 Å². The number of aromatic nitrogens is 2. The van der Waals surface area contributed by atoms with E-state index in [-0.39, 0.29) is 12.1 Å². The highest BCUT2D eigenvalue weighted by atomic mass is 16.5. The maximum atomic E-state index is 12.0. The van der Waals surface area contributed by atoms with Crippen molar-refractivity contribution in [1.82, 2.24) is 15.5 Å². The molecule has 0 spiro atoms. The zero-order chi connectivity index (χ0) is 19.2. The van der Waals surface area contributed by atoms with E-state index >= 15 is 0 Å². The average molecular weight is 364 g/mol. The molecule has 0 radical (unpaired) electrons. The van der Waals surface area contributed by atoms with Crippen molar-refractivity contribution in [2.45, 2.75) is 39.7 Å². The summed E-state index contributed by atoms with van der Waals surface area (Å²) in [4.78, 5) is 16.5. The Morgan fingerprint density at radius 3 is 2.70 bits per heavy atom. The normalized spacial score (nSPS) is 11.8. The molecule has 6 nitrogen and oxygen atoms in total. The third kappa shape index (κ3) is 5.17. The molecule has 3 rings (SSSR count). The lowest BCUT2D eigenvalue weighted by molar-refractivity contribution is 0.249. The maximum Gasteiger partial charge on any atom is 0.319 e. The molecular weight excluding hydrogens is 340 g/mol. The lowest BCUT2D eigenvalue weighted by atomic mass is 10.1. The molecule has 0 saturated heterocycles. The molecule has 140 valence electrons. The van der Waals surface area contributed by atoms with Crippen molar-refractivity contribution >= 4 is 11.7 Å². The summed E-state index contributed by atoms with van der Waals surface area (Å²) in [7, 11) is 0. The van der Waals surface area contributed by atoms with Gasteiger partial charge in [-0.2, -0.15) is 4.98 Å². The molecule has 0 saturated carbocycles. The Labute approximate surface area is 159 Å². The summed E-state index contributed by atoms with van der Waals surface area (Å²) in [6.07, 6.45) is 1.46. The number of hydrogen-bond donors (Lipinski definition) is 2. The molecule has 0 aliphatic rings. The molecule has 1 heterocycles. The van der Waals surface area contributed by atoms with E-state index in [0.717, 1.165) is 17.5 Å². The fourth-order valence-corrected chi connectivity index (χ4v) is 2.55. The van der Waals surface area contributed by atoms with Crippen molar-refractivity contribution in [2.24, 2.45) is 0 Å². The van der Waals surface area contributed by atoms with E-state index in [2.05, 4.69) is 52.0 Å². The van der Waals surface area contributed by atoms with Gasteiger partial charge in [0.05, 0.1) is 6.42 Å². The predicted octanol–water partition coefficient (Wildman–Crippen LogP) is 4.56. The molecule has 1 atom stereocenters. The minimum atomic E-state index is -0.227. The third-order valence-electron chi connectivity index (χ3n) is 4.31. The molecule has 2 amide bonds. The van der Waals surface area contributed by atoms with Crippen LogP contribution < -0.4 is 10.6 Å². The summed E-state index contributed by atoms with van der Waals surface area (Å²) in [5, 5.41) is 9.77. The quantitative estimate of drug-likeness (QED) is 0.672. The van der Waals surface area contributed by atoms with Gasteiger partial charge in [-0.25, -0.2) is 4.79 Å². The first-order chi connectivity index (χ1) is 13.0. The van der Waals surface area contributed by atoms with Gasteiger partial charge in [0.1, 0.15) is 0 Å². The van der Waals surface area contributed by atoms with Gasteiger partial charge in [0.15, 0.2) is 0 Å². The number of amides is 2. The fourth-order valence-electron chi connectivity index (χ4n) is 2.55. The minimum Gasteiger partial charge on any atom is -0.339 e. The van der Waals surface area contributed by atoms with Crippen LogP contribution in [0.4, 0.5) is 10.5 Å². The van der Waals surface area contributed by atoms with Crippen molar-refractivity contribution in [1.29, 1.82) is 0 Å². The Balaban J connectivity index is 1.69. The van der Waals surface area contributed by atoms with E-state index in [1.165, 1.54) is 5.56 Å².